The van der Waals surface area contributed by atoms with Gasteiger partial charge in [0.2, 0.25) is 0 Å². The molecule has 0 radical (unpaired) electrons. The van der Waals surface area contributed by atoms with Crippen molar-refractivity contribution in [3.8, 4) is 5.75 Å². The summed E-state index contributed by atoms with van der Waals surface area (Å²) in [4.78, 5) is 0. The van der Waals surface area contributed by atoms with E-state index in [0.717, 1.165) is 29.8 Å². The van der Waals surface area contributed by atoms with Gasteiger partial charge in [0, 0.05) is 17.1 Å². The lowest BCUT2D eigenvalue weighted by Gasteiger charge is -2.16. The number of rotatable bonds is 7. The van der Waals surface area contributed by atoms with E-state index < -0.39 is 0 Å². The number of hydrogen-bond donors (Lipinski definition) is 1. The van der Waals surface area contributed by atoms with Crippen LogP contribution in [0.1, 0.15) is 37.4 Å². The molecule has 0 aliphatic carbocycles. The van der Waals surface area contributed by atoms with E-state index in [1.54, 1.807) is 0 Å². The van der Waals surface area contributed by atoms with E-state index in [1.807, 2.05) is 18.2 Å². The Balaban J connectivity index is 1.89. The molecule has 2 aromatic carbocycles. The van der Waals surface area contributed by atoms with Gasteiger partial charge < -0.3 is 10.1 Å². The molecule has 0 aliphatic rings. The molecule has 21 heavy (non-hydrogen) atoms. The van der Waals surface area contributed by atoms with Crippen LogP contribution in [0.5, 0.6) is 5.75 Å². The lowest BCUT2D eigenvalue weighted by molar-refractivity contribution is 0.317. The van der Waals surface area contributed by atoms with Crippen LogP contribution >= 0.6 is 15.9 Å². The highest BCUT2D eigenvalue weighted by molar-refractivity contribution is 9.10. The molecular formula is C18H22BrNO. The predicted octanol–water partition coefficient (Wildman–Crippen LogP) is 5.09. The quantitative estimate of drug-likeness (QED) is 0.753. The molecule has 1 N–H and O–H groups in total. The van der Waals surface area contributed by atoms with Crippen LogP contribution in [0.15, 0.2) is 53.0 Å². The molecule has 3 heteroatoms. The van der Waals surface area contributed by atoms with E-state index in [-0.39, 0.29) is 0 Å². The first-order valence-corrected chi connectivity index (χ1v) is 8.19. The average Bonchev–Trinajstić information content (AvgIpc) is 2.52. The molecule has 2 aromatic rings. The zero-order valence-corrected chi connectivity index (χ0v) is 14.2. The van der Waals surface area contributed by atoms with Crippen LogP contribution in [0.4, 0.5) is 0 Å². The van der Waals surface area contributed by atoms with Crippen molar-refractivity contribution in [2.24, 2.45) is 0 Å². The second-order valence-electron chi connectivity index (χ2n) is 5.12. The van der Waals surface area contributed by atoms with Crippen molar-refractivity contribution >= 4 is 15.9 Å². The fourth-order valence-electron chi connectivity index (χ4n) is 2.13. The summed E-state index contributed by atoms with van der Waals surface area (Å²) in [6.07, 6.45) is 1.03. The van der Waals surface area contributed by atoms with Crippen molar-refractivity contribution in [3.05, 3.63) is 64.1 Å². The Morgan fingerprint density at radius 2 is 1.81 bits per heavy atom. The Hall–Kier alpha value is -1.32. The third-order valence-corrected chi connectivity index (χ3v) is 4.10. The van der Waals surface area contributed by atoms with Crippen molar-refractivity contribution < 1.29 is 4.74 Å². The predicted molar refractivity (Wildman–Crippen MR) is 91.6 cm³/mol. The second kappa shape index (κ2) is 8.20. The minimum absolute atomic E-state index is 0.302. The number of halogens is 1. The topological polar surface area (TPSA) is 21.3 Å². The lowest BCUT2D eigenvalue weighted by Crippen LogP contribution is -2.18. The average molecular weight is 348 g/mol. The Morgan fingerprint density at radius 3 is 2.48 bits per heavy atom. The molecule has 1 atom stereocenters. The molecule has 0 heterocycles. The van der Waals surface area contributed by atoms with Gasteiger partial charge >= 0.3 is 0 Å². The fourth-order valence-corrected chi connectivity index (χ4v) is 2.76. The van der Waals surface area contributed by atoms with Crippen molar-refractivity contribution in [2.75, 3.05) is 6.61 Å². The van der Waals surface area contributed by atoms with Gasteiger partial charge in [-0.2, -0.15) is 0 Å². The van der Waals surface area contributed by atoms with Gasteiger partial charge in [-0.25, -0.2) is 0 Å². The van der Waals surface area contributed by atoms with Crippen LogP contribution in [0.25, 0.3) is 0 Å². The summed E-state index contributed by atoms with van der Waals surface area (Å²) >= 11 is 3.60. The summed E-state index contributed by atoms with van der Waals surface area (Å²) in [6, 6.07) is 16.9. The van der Waals surface area contributed by atoms with E-state index in [9.17, 15) is 0 Å². The first kappa shape index (κ1) is 16.1. The highest BCUT2D eigenvalue weighted by Crippen LogP contribution is 2.23. The Labute approximate surface area is 135 Å². The third-order valence-electron chi connectivity index (χ3n) is 3.38. The highest BCUT2D eigenvalue weighted by atomic mass is 79.9. The summed E-state index contributed by atoms with van der Waals surface area (Å²) < 4.78 is 6.74. The summed E-state index contributed by atoms with van der Waals surface area (Å²) in [7, 11) is 0. The molecule has 0 saturated carbocycles. The van der Waals surface area contributed by atoms with Crippen LogP contribution in [0, 0.1) is 0 Å². The maximum atomic E-state index is 5.59. The van der Waals surface area contributed by atoms with E-state index in [2.05, 4.69) is 65.4 Å². The summed E-state index contributed by atoms with van der Waals surface area (Å²) in [5, 5.41) is 3.55. The second-order valence-corrected chi connectivity index (χ2v) is 5.97. The Morgan fingerprint density at radius 1 is 1.10 bits per heavy atom. The normalized spacial score (nSPS) is 12.1. The molecule has 2 rings (SSSR count). The van der Waals surface area contributed by atoms with E-state index in [1.165, 1.54) is 11.1 Å². The molecule has 2 nitrogen and oxygen atoms in total. The van der Waals surface area contributed by atoms with Gasteiger partial charge in [-0.3, -0.25) is 0 Å². The molecule has 0 amide bonds. The van der Waals surface area contributed by atoms with E-state index in [4.69, 9.17) is 4.74 Å². The maximum absolute atomic E-state index is 5.59. The maximum Gasteiger partial charge on any atom is 0.119 e. The van der Waals surface area contributed by atoms with Crippen molar-refractivity contribution in [2.45, 2.75) is 32.9 Å². The molecular weight excluding hydrogens is 326 g/mol. The minimum Gasteiger partial charge on any atom is -0.494 e. The van der Waals surface area contributed by atoms with Gasteiger partial charge in [-0.15, -0.1) is 0 Å². The van der Waals surface area contributed by atoms with Crippen LogP contribution in [-0.2, 0) is 6.54 Å². The van der Waals surface area contributed by atoms with Crippen molar-refractivity contribution in [3.63, 3.8) is 0 Å². The molecule has 0 aromatic heterocycles. The number of benzene rings is 2. The third kappa shape index (κ3) is 4.87. The van der Waals surface area contributed by atoms with Crippen LogP contribution < -0.4 is 10.1 Å². The SMILES string of the molecule is CCCOc1ccc(CN[C@@H](C)c2ccccc2Br)cc1. The first-order valence-electron chi connectivity index (χ1n) is 7.40. The monoisotopic (exact) mass is 347 g/mol. The molecule has 0 saturated heterocycles. The van der Waals surface area contributed by atoms with Crippen LogP contribution in [-0.4, -0.2) is 6.61 Å². The van der Waals surface area contributed by atoms with Crippen LogP contribution in [0.2, 0.25) is 0 Å². The Bertz CT molecular complexity index is 553. The van der Waals surface area contributed by atoms with Gasteiger partial charge in [-0.1, -0.05) is 53.2 Å². The summed E-state index contributed by atoms with van der Waals surface area (Å²) in [5.74, 6) is 0.944. The fraction of sp³-hybridized carbons (Fsp3) is 0.333. The number of nitrogens with one attached hydrogen (secondary N) is 1. The molecule has 0 spiro atoms. The zero-order valence-electron chi connectivity index (χ0n) is 12.6. The van der Waals surface area contributed by atoms with Gasteiger partial charge in [0.05, 0.1) is 6.61 Å². The first-order chi connectivity index (χ1) is 10.2. The molecule has 0 fully saturated rings. The molecule has 112 valence electrons. The van der Waals surface area contributed by atoms with Gasteiger partial charge in [-0.05, 0) is 42.7 Å². The van der Waals surface area contributed by atoms with Gasteiger partial charge in [0.15, 0.2) is 0 Å². The smallest absolute Gasteiger partial charge is 0.119 e. The standard InChI is InChI=1S/C18H22BrNO/c1-3-12-21-16-10-8-15(9-11-16)13-20-14(2)17-6-4-5-7-18(17)19/h4-11,14,20H,3,12-13H2,1-2H3/t14-/m0/s1. The van der Waals surface area contributed by atoms with Crippen molar-refractivity contribution in [1.82, 2.24) is 5.32 Å². The van der Waals surface area contributed by atoms with Crippen LogP contribution in [0.3, 0.4) is 0 Å². The highest BCUT2D eigenvalue weighted by Gasteiger charge is 2.07. The molecule has 0 unspecified atom stereocenters. The minimum atomic E-state index is 0.302. The van der Waals surface area contributed by atoms with Gasteiger partial charge in [0.25, 0.3) is 0 Å². The van der Waals surface area contributed by atoms with Gasteiger partial charge in [0.1, 0.15) is 5.75 Å². The lowest BCUT2D eigenvalue weighted by atomic mass is 10.1. The number of ether oxygens (including phenoxy) is 1. The zero-order chi connectivity index (χ0) is 15.1. The van der Waals surface area contributed by atoms with E-state index in [0.29, 0.717) is 6.04 Å². The molecule has 0 aliphatic heterocycles. The summed E-state index contributed by atoms with van der Waals surface area (Å²) in [6.45, 7) is 5.91. The molecule has 0 bridgehead atoms. The largest absolute Gasteiger partial charge is 0.494 e. The van der Waals surface area contributed by atoms with Crippen molar-refractivity contribution in [1.29, 1.82) is 0 Å². The summed E-state index contributed by atoms with van der Waals surface area (Å²) in [5.41, 5.74) is 2.54. The Kier molecular flexibility index (Phi) is 6.27. The van der Waals surface area contributed by atoms with E-state index >= 15 is 0 Å². The number of hydrogen-bond acceptors (Lipinski definition) is 2.